The monoisotopic (exact) mass is 358 g/mol. The number of likely N-dealkylation sites (tertiary alicyclic amines) is 1. The topological polar surface area (TPSA) is 15.3 Å². The lowest BCUT2D eigenvalue weighted by atomic mass is 9.81. The van der Waals surface area contributed by atoms with Crippen LogP contribution in [0, 0.1) is 0 Å². The molecule has 1 atom stereocenters. The van der Waals surface area contributed by atoms with Crippen LogP contribution in [0.2, 0.25) is 0 Å². The third kappa shape index (κ3) is 3.29. The molecule has 1 fully saturated rings. The third-order valence-electron chi connectivity index (χ3n) is 4.99. The molecule has 0 spiro atoms. The van der Waals surface area contributed by atoms with Crippen molar-refractivity contribution in [2.45, 2.75) is 57.5 Å². The van der Waals surface area contributed by atoms with Gasteiger partial charge in [0.15, 0.2) is 0 Å². The number of hydrogen-bond acceptors (Lipinski definition) is 3. The molecule has 2 nitrogen and oxygen atoms in total. The Hall–Kier alpha value is 0.1000. The lowest BCUT2D eigenvalue weighted by Crippen LogP contribution is -2.60. The molecule has 1 N–H and O–H groups in total. The summed E-state index contributed by atoms with van der Waals surface area (Å²) in [6, 6.07) is 4.96. The Morgan fingerprint density at radius 2 is 1.95 bits per heavy atom. The highest BCUT2D eigenvalue weighted by molar-refractivity contribution is 9.11. The maximum atomic E-state index is 3.63. The molecule has 1 aliphatic rings. The van der Waals surface area contributed by atoms with Crippen molar-refractivity contribution in [1.82, 2.24) is 10.2 Å². The molecule has 1 saturated heterocycles. The van der Waals surface area contributed by atoms with Gasteiger partial charge in [-0.1, -0.05) is 13.8 Å². The van der Waals surface area contributed by atoms with Gasteiger partial charge in [0.2, 0.25) is 0 Å². The first-order valence-electron chi connectivity index (χ1n) is 7.82. The second kappa shape index (κ2) is 7.39. The molecule has 4 heteroatoms. The summed E-state index contributed by atoms with van der Waals surface area (Å²) in [7, 11) is 2.13. The quantitative estimate of drug-likeness (QED) is 0.781. The summed E-state index contributed by atoms with van der Waals surface area (Å²) in [4.78, 5) is 4.22. The summed E-state index contributed by atoms with van der Waals surface area (Å²) in [5.74, 6) is 0. The predicted octanol–water partition coefficient (Wildman–Crippen LogP) is 4.30. The Labute approximate surface area is 136 Å². The molecule has 0 aliphatic carbocycles. The van der Waals surface area contributed by atoms with Gasteiger partial charge in [-0.2, -0.15) is 0 Å². The molecular weight excluding hydrogens is 332 g/mol. The van der Waals surface area contributed by atoms with Crippen molar-refractivity contribution >= 4 is 27.3 Å². The van der Waals surface area contributed by atoms with E-state index in [2.05, 4.69) is 59.2 Å². The minimum atomic E-state index is 0.307. The zero-order chi connectivity index (χ0) is 14.6. The minimum absolute atomic E-state index is 0.307. The summed E-state index contributed by atoms with van der Waals surface area (Å²) in [5.41, 5.74) is 0.307. The highest BCUT2D eigenvalue weighted by Crippen LogP contribution is 2.34. The van der Waals surface area contributed by atoms with Crippen LogP contribution in [0.4, 0.5) is 0 Å². The number of rotatable bonds is 7. The first kappa shape index (κ1) is 16.5. The first-order valence-corrected chi connectivity index (χ1v) is 9.43. The van der Waals surface area contributed by atoms with Crippen molar-refractivity contribution in [1.29, 1.82) is 0 Å². The maximum Gasteiger partial charge on any atom is 0.0701 e. The smallest absolute Gasteiger partial charge is 0.0701 e. The molecule has 0 amide bonds. The largest absolute Gasteiger partial charge is 0.315 e. The molecule has 2 heterocycles. The highest BCUT2D eigenvalue weighted by atomic mass is 79.9. The molecule has 1 aliphatic heterocycles. The molecule has 1 unspecified atom stereocenters. The standard InChI is InChI=1S/C16H27BrN2S/c1-4-16(5-2,19-10-6-7-11-19)14(18-3)12-13-8-9-15(17)20-13/h8-9,14,18H,4-7,10-12H2,1-3H3. The van der Waals surface area contributed by atoms with Gasteiger partial charge in [0.05, 0.1) is 3.79 Å². The summed E-state index contributed by atoms with van der Waals surface area (Å²) < 4.78 is 1.24. The normalized spacial score (nSPS) is 18.6. The Morgan fingerprint density at radius 3 is 2.40 bits per heavy atom. The van der Waals surface area contributed by atoms with Crippen LogP contribution in [-0.2, 0) is 6.42 Å². The third-order valence-corrected chi connectivity index (χ3v) is 6.64. The van der Waals surface area contributed by atoms with Crippen LogP contribution in [0.3, 0.4) is 0 Å². The number of thiophene rings is 1. The van der Waals surface area contributed by atoms with Crippen molar-refractivity contribution < 1.29 is 0 Å². The van der Waals surface area contributed by atoms with Crippen molar-refractivity contribution in [3.8, 4) is 0 Å². The van der Waals surface area contributed by atoms with Crippen LogP contribution in [-0.4, -0.2) is 36.6 Å². The zero-order valence-corrected chi connectivity index (χ0v) is 15.3. The second-order valence-corrected chi connectivity index (χ2v) is 8.30. The Kier molecular flexibility index (Phi) is 6.09. The number of likely N-dealkylation sites (N-methyl/N-ethyl adjacent to an activating group) is 1. The van der Waals surface area contributed by atoms with E-state index < -0.39 is 0 Å². The number of hydrogen-bond donors (Lipinski definition) is 1. The van der Waals surface area contributed by atoms with Crippen LogP contribution in [0.5, 0.6) is 0 Å². The average Bonchev–Trinajstić information content (AvgIpc) is 3.11. The molecule has 1 aromatic heterocycles. The van der Waals surface area contributed by atoms with Gasteiger partial charge in [-0.15, -0.1) is 11.3 Å². The van der Waals surface area contributed by atoms with E-state index in [-0.39, 0.29) is 0 Å². The van der Waals surface area contributed by atoms with E-state index in [1.165, 1.54) is 47.4 Å². The van der Waals surface area contributed by atoms with Gasteiger partial charge in [0.1, 0.15) is 0 Å². The maximum absolute atomic E-state index is 3.63. The number of nitrogens with one attached hydrogen (secondary N) is 1. The summed E-state index contributed by atoms with van der Waals surface area (Å²) in [5, 5.41) is 3.63. The van der Waals surface area contributed by atoms with Gasteiger partial charge in [0.25, 0.3) is 0 Å². The summed E-state index contributed by atoms with van der Waals surface area (Å²) in [6.45, 7) is 7.26. The zero-order valence-electron chi connectivity index (χ0n) is 12.9. The molecule has 114 valence electrons. The minimum Gasteiger partial charge on any atom is -0.315 e. The molecule has 1 aromatic rings. The summed E-state index contributed by atoms with van der Waals surface area (Å²) in [6.07, 6.45) is 6.31. The van der Waals surface area contributed by atoms with Crippen molar-refractivity contribution in [2.75, 3.05) is 20.1 Å². The number of nitrogens with zero attached hydrogens (tertiary/aromatic N) is 1. The average molecular weight is 359 g/mol. The highest BCUT2D eigenvalue weighted by Gasteiger charge is 2.41. The lowest BCUT2D eigenvalue weighted by Gasteiger charge is -2.47. The van der Waals surface area contributed by atoms with Gasteiger partial charge >= 0.3 is 0 Å². The van der Waals surface area contributed by atoms with E-state index in [0.717, 1.165) is 6.42 Å². The Morgan fingerprint density at radius 1 is 1.30 bits per heavy atom. The Balaban J connectivity index is 2.19. The van der Waals surface area contributed by atoms with Gasteiger partial charge in [-0.25, -0.2) is 0 Å². The molecule has 0 radical (unpaired) electrons. The van der Waals surface area contributed by atoms with Crippen LogP contribution >= 0.6 is 27.3 Å². The van der Waals surface area contributed by atoms with Gasteiger partial charge < -0.3 is 5.32 Å². The van der Waals surface area contributed by atoms with Crippen LogP contribution in [0.25, 0.3) is 0 Å². The molecule has 0 saturated carbocycles. The fraction of sp³-hybridized carbons (Fsp3) is 0.750. The fourth-order valence-corrected chi connectivity index (χ4v) is 5.32. The van der Waals surface area contributed by atoms with E-state index in [9.17, 15) is 0 Å². The van der Waals surface area contributed by atoms with Gasteiger partial charge in [-0.3, -0.25) is 4.90 Å². The lowest BCUT2D eigenvalue weighted by molar-refractivity contribution is 0.0653. The van der Waals surface area contributed by atoms with Crippen LogP contribution in [0.15, 0.2) is 15.9 Å². The Bertz CT molecular complexity index is 408. The molecule has 20 heavy (non-hydrogen) atoms. The number of halogens is 1. The molecule has 0 bridgehead atoms. The SMILES string of the molecule is CCC(CC)(C(Cc1ccc(Br)s1)NC)N1CCCC1. The van der Waals surface area contributed by atoms with E-state index in [1.807, 2.05) is 11.3 Å². The van der Waals surface area contributed by atoms with E-state index >= 15 is 0 Å². The van der Waals surface area contributed by atoms with Crippen molar-refractivity contribution in [3.63, 3.8) is 0 Å². The second-order valence-electron chi connectivity index (χ2n) is 5.76. The van der Waals surface area contributed by atoms with Crippen LogP contribution in [0.1, 0.15) is 44.4 Å². The molecular formula is C16H27BrN2S. The molecule has 0 aromatic carbocycles. The van der Waals surface area contributed by atoms with E-state index in [1.54, 1.807) is 0 Å². The van der Waals surface area contributed by atoms with Crippen molar-refractivity contribution in [2.24, 2.45) is 0 Å². The van der Waals surface area contributed by atoms with E-state index in [4.69, 9.17) is 0 Å². The van der Waals surface area contributed by atoms with E-state index in [0.29, 0.717) is 11.6 Å². The van der Waals surface area contributed by atoms with Crippen molar-refractivity contribution in [3.05, 3.63) is 20.8 Å². The van der Waals surface area contributed by atoms with Crippen LogP contribution < -0.4 is 5.32 Å². The fourth-order valence-electron chi connectivity index (χ4n) is 3.80. The van der Waals surface area contributed by atoms with Gasteiger partial charge in [-0.05, 0) is 80.3 Å². The first-order chi connectivity index (χ1) is 9.66. The summed E-state index contributed by atoms with van der Waals surface area (Å²) >= 11 is 5.45. The van der Waals surface area contributed by atoms with Gasteiger partial charge in [0, 0.05) is 16.5 Å². The molecule has 2 rings (SSSR count). The predicted molar refractivity (Wildman–Crippen MR) is 92.7 cm³/mol.